The number of hydrogen-bond acceptors (Lipinski definition) is 5. The molecule has 7 nitrogen and oxygen atoms in total. The van der Waals surface area contributed by atoms with Gasteiger partial charge in [-0.25, -0.2) is 4.98 Å². The zero-order valence-corrected chi connectivity index (χ0v) is 14.3. The number of rotatable bonds is 3. The van der Waals surface area contributed by atoms with E-state index in [-0.39, 0.29) is 11.2 Å². The fourth-order valence-electron chi connectivity index (χ4n) is 3.01. The van der Waals surface area contributed by atoms with E-state index in [9.17, 15) is 4.79 Å². The molecular formula is C17H17ClN6O. The van der Waals surface area contributed by atoms with Gasteiger partial charge in [-0.1, -0.05) is 0 Å². The third-order valence-electron chi connectivity index (χ3n) is 4.29. The van der Waals surface area contributed by atoms with Crippen molar-refractivity contribution < 1.29 is 4.79 Å². The lowest BCUT2D eigenvalue weighted by molar-refractivity contribution is 0.0724. The lowest BCUT2D eigenvalue weighted by Gasteiger charge is -2.26. The van der Waals surface area contributed by atoms with E-state index < -0.39 is 0 Å². The number of nitrogens with one attached hydrogen (secondary N) is 2. The number of hydrogen-bond donors (Lipinski definition) is 2. The van der Waals surface area contributed by atoms with E-state index in [0.29, 0.717) is 22.5 Å². The van der Waals surface area contributed by atoms with Crippen LogP contribution in [0.2, 0.25) is 5.28 Å². The number of aromatic amines is 1. The predicted octanol–water partition coefficient (Wildman–Crippen LogP) is 3.38. The van der Waals surface area contributed by atoms with E-state index in [4.69, 9.17) is 11.6 Å². The van der Waals surface area contributed by atoms with Crippen LogP contribution in [0.3, 0.4) is 0 Å². The predicted molar refractivity (Wildman–Crippen MR) is 96.2 cm³/mol. The Morgan fingerprint density at radius 3 is 2.64 bits per heavy atom. The van der Waals surface area contributed by atoms with Gasteiger partial charge in [0.15, 0.2) is 17.0 Å². The molecule has 1 saturated heterocycles. The maximum absolute atomic E-state index is 12.5. The van der Waals surface area contributed by atoms with Crippen molar-refractivity contribution in [1.29, 1.82) is 0 Å². The molecule has 1 aliphatic rings. The molecule has 0 radical (unpaired) electrons. The minimum absolute atomic E-state index is 0.0889. The van der Waals surface area contributed by atoms with Crippen molar-refractivity contribution in [3.63, 3.8) is 0 Å². The topological polar surface area (TPSA) is 86.8 Å². The van der Waals surface area contributed by atoms with Crippen molar-refractivity contribution in [3.8, 4) is 0 Å². The van der Waals surface area contributed by atoms with Gasteiger partial charge in [0.25, 0.3) is 5.91 Å². The standard InChI is InChI=1S/C17H17ClN6O/c18-17-22-14-13(19-10-20-14)15(23-17)21-12-6-4-11(5-7-12)16(25)24-8-2-1-3-9-24/h4-7,10H,1-3,8-9H2,(H2,19,20,21,22,23). The van der Waals surface area contributed by atoms with Crippen LogP contribution in [0.1, 0.15) is 29.6 Å². The molecule has 0 aliphatic carbocycles. The molecule has 0 saturated carbocycles. The number of amides is 1. The largest absolute Gasteiger partial charge is 0.339 e. The van der Waals surface area contributed by atoms with Crippen LogP contribution in [-0.4, -0.2) is 43.8 Å². The Morgan fingerprint density at radius 2 is 1.88 bits per heavy atom. The van der Waals surface area contributed by atoms with Crippen molar-refractivity contribution in [3.05, 3.63) is 41.4 Å². The molecule has 3 aromatic rings. The fourth-order valence-corrected chi connectivity index (χ4v) is 3.18. The molecule has 1 fully saturated rings. The van der Waals surface area contributed by atoms with Gasteiger partial charge in [-0.15, -0.1) is 0 Å². The molecule has 4 rings (SSSR count). The van der Waals surface area contributed by atoms with Crippen LogP contribution in [0.15, 0.2) is 30.6 Å². The second-order valence-corrected chi connectivity index (χ2v) is 6.33. The summed E-state index contributed by atoms with van der Waals surface area (Å²) in [6.45, 7) is 1.69. The first-order chi connectivity index (χ1) is 12.2. The third kappa shape index (κ3) is 3.28. The van der Waals surface area contributed by atoms with Gasteiger partial charge in [-0.05, 0) is 55.1 Å². The first kappa shape index (κ1) is 15.8. The number of halogens is 1. The van der Waals surface area contributed by atoms with Gasteiger partial charge in [0.2, 0.25) is 5.28 Å². The lowest BCUT2D eigenvalue weighted by Crippen LogP contribution is -2.35. The maximum atomic E-state index is 12.5. The van der Waals surface area contributed by atoms with Gasteiger partial charge in [0, 0.05) is 24.3 Å². The summed E-state index contributed by atoms with van der Waals surface area (Å²) in [5.74, 6) is 0.609. The highest BCUT2D eigenvalue weighted by Crippen LogP contribution is 2.23. The Balaban J connectivity index is 1.54. The van der Waals surface area contributed by atoms with Gasteiger partial charge in [-0.2, -0.15) is 9.97 Å². The Morgan fingerprint density at radius 1 is 1.12 bits per heavy atom. The fraction of sp³-hybridized carbons (Fsp3) is 0.294. The zero-order valence-electron chi connectivity index (χ0n) is 13.5. The lowest BCUT2D eigenvalue weighted by atomic mass is 10.1. The van der Waals surface area contributed by atoms with E-state index in [1.807, 2.05) is 29.2 Å². The summed E-state index contributed by atoms with van der Waals surface area (Å²) < 4.78 is 0. The van der Waals surface area contributed by atoms with E-state index in [1.165, 1.54) is 6.42 Å². The van der Waals surface area contributed by atoms with Crippen LogP contribution in [0.5, 0.6) is 0 Å². The van der Waals surface area contributed by atoms with Crippen molar-refractivity contribution >= 4 is 40.2 Å². The van der Waals surface area contributed by atoms with Crippen LogP contribution >= 0.6 is 11.6 Å². The molecule has 128 valence electrons. The summed E-state index contributed by atoms with van der Waals surface area (Å²) in [6.07, 6.45) is 4.91. The average Bonchev–Trinajstić information content (AvgIpc) is 3.11. The molecule has 0 atom stereocenters. The quantitative estimate of drug-likeness (QED) is 0.702. The van der Waals surface area contributed by atoms with E-state index >= 15 is 0 Å². The molecule has 8 heteroatoms. The average molecular weight is 357 g/mol. The maximum Gasteiger partial charge on any atom is 0.253 e. The number of piperidine rings is 1. The summed E-state index contributed by atoms with van der Waals surface area (Å²) in [5.41, 5.74) is 2.67. The van der Waals surface area contributed by atoms with Gasteiger partial charge in [-0.3, -0.25) is 4.79 Å². The molecule has 0 bridgehead atoms. The van der Waals surface area contributed by atoms with E-state index in [1.54, 1.807) is 6.33 Å². The zero-order chi connectivity index (χ0) is 17.2. The van der Waals surface area contributed by atoms with Crippen molar-refractivity contribution in [1.82, 2.24) is 24.8 Å². The number of carbonyl (C=O) groups is 1. The van der Waals surface area contributed by atoms with Crippen LogP contribution in [0, 0.1) is 0 Å². The summed E-state index contributed by atoms with van der Waals surface area (Å²) >= 11 is 5.94. The van der Waals surface area contributed by atoms with Gasteiger partial charge >= 0.3 is 0 Å². The molecule has 3 heterocycles. The Bertz CT molecular complexity index is 901. The number of H-pyrrole nitrogens is 1. The Labute approximate surface area is 149 Å². The van der Waals surface area contributed by atoms with Crippen molar-refractivity contribution in [2.75, 3.05) is 18.4 Å². The van der Waals surface area contributed by atoms with Crippen LogP contribution in [0.4, 0.5) is 11.5 Å². The molecule has 2 aromatic heterocycles. The van der Waals surface area contributed by atoms with E-state index in [0.717, 1.165) is 31.6 Å². The van der Waals surface area contributed by atoms with Crippen LogP contribution in [0.25, 0.3) is 11.2 Å². The summed E-state index contributed by atoms with van der Waals surface area (Å²) in [7, 11) is 0. The second-order valence-electron chi connectivity index (χ2n) is 6.00. The Hall–Kier alpha value is -2.67. The number of carbonyl (C=O) groups excluding carboxylic acids is 1. The normalized spacial score (nSPS) is 14.7. The van der Waals surface area contributed by atoms with Gasteiger partial charge < -0.3 is 15.2 Å². The number of fused-ring (bicyclic) bond motifs is 1. The molecule has 0 unspecified atom stereocenters. The third-order valence-corrected chi connectivity index (χ3v) is 4.46. The number of imidazole rings is 1. The molecule has 1 amide bonds. The summed E-state index contributed by atoms with van der Waals surface area (Å²) in [4.78, 5) is 29.8. The number of likely N-dealkylation sites (tertiary alicyclic amines) is 1. The van der Waals surface area contributed by atoms with Crippen molar-refractivity contribution in [2.24, 2.45) is 0 Å². The van der Waals surface area contributed by atoms with Gasteiger partial charge in [0.1, 0.15) is 0 Å². The highest BCUT2D eigenvalue weighted by Gasteiger charge is 2.18. The van der Waals surface area contributed by atoms with Crippen LogP contribution < -0.4 is 5.32 Å². The molecule has 1 aromatic carbocycles. The first-order valence-electron chi connectivity index (χ1n) is 8.24. The molecular weight excluding hydrogens is 340 g/mol. The number of anilines is 2. The monoisotopic (exact) mass is 356 g/mol. The minimum atomic E-state index is 0.0889. The smallest absolute Gasteiger partial charge is 0.253 e. The second kappa shape index (κ2) is 6.68. The summed E-state index contributed by atoms with van der Waals surface area (Å²) in [5, 5.41) is 3.31. The molecule has 25 heavy (non-hydrogen) atoms. The number of nitrogens with zero attached hydrogens (tertiary/aromatic N) is 4. The highest BCUT2D eigenvalue weighted by atomic mass is 35.5. The SMILES string of the molecule is O=C(c1ccc(Nc2nc(Cl)nc3[nH]cnc23)cc1)N1CCCCC1. The minimum Gasteiger partial charge on any atom is -0.339 e. The Kier molecular flexibility index (Phi) is 4.23. The van der Waals surface area contributed by atoms with Crippen LogP contribution in [-0.2, 0) is 0 Å². The molecule has 1 aliphatic heterocycles. The van der Waals surface area contributed by atoms with Crippen molar-refractivity contribution in [2.45, 2.75) is 19.3 Å². The highest BCUT2D eigenvalue weighted by molar-refractivity contribution is 6.28. The van der Waals surface area contributed by atoms with Gasteiger partial charge in [0.05, 0.1) is 6.33 Å². The summed E-state index contributed by atoms with van der Waals surface area (Å²) in [6, 6.07) is 7.35. The number of benzene rings is 1. The first-order valence-corrected chi connectivity index (χ1v) is 8.61. The number of aromatic nitrogens is 4. The molecule has 2 N–H and O–H groups in total. The van der Waals surface area contributed by atoms with E-state index in [2.05, 4.69) is 25.3 Å². The molecule has 0 spiro atoms.